The number of aromatic carboxylic acids is 1. The van der Waals surface area contributed by atoms with E-state index in [1.807, 2.05) is 0 Å². The van der Waals surface area contributed by atoms with E-state index in [-0.39, 0.29) is 61.8 Å². The number of carbonyl (C=O) groups excluding carboxylic acids is 1. The van der Waals surface area contributed by atoms with Crippen molar-refractivity contribution < 1.29 is 40.7 Å². The third-order valence-corrected chi connectivity index (χ3v) is 7.54. The SMILES string of the molecule is Cc1oc(C)c(S(=O)(=O)NC2CCN(C(=O)C[C@H](N)Cc3cc(F)c(F)cc3F)CC2)c1C(=O)O. The number of aryl methyl sites for hydroxylation is 2. The average molecular weight is 518 g/mol. The van der Waals surface area contributed by atoms with E-state index in [0.29, 0.717) is 12.1 Å². The molecule has 0 spiro atoms. The summed E-state index contributed by atoms with van der Waals surface area (Å²) in [5.41, 5.74) is 5.36. The van der Waals surface area contributed by atoms with Gasteiger partial charge in [0.15, 0.2) is 11.6 Å². The minimum Gasteiger partial charge on any atom is -0.478 e. The van der Waals surface area contributed by atoms with Crippen LogP contribution in [-0.2, 0) is 21.2 Å². The van der Waals surface area contributed by atoms with Crippen molar-refractivity contribution in [1.29, 1.82) is 0 Å². The summed E-state index contributed by atoms with van der Waals surface area (Å²) >= 11 is 0. The van der Waals surface area contributed by atoms with Gasteiger partial charge in [-0.3, -0.25) is 4.79 Å². The summed E-state index contributed by atoms with van der Waals surface area (Å²) < 4.78 is 73.7. The quantitative estimate of drug-likeness (QED) is 0.456. The molecule has 9 nitrogen and oxygen atoms in total. The zero-order valence-corrected chi connectivity index (χ0v) is 19.9. The summed E-state index contributed by atoms with van der Waals surface area (Å²) in [5.74, 6) is -5.28. The number of benzene rings is 1. The van der Waals surface area contributed by atoms with E-state index >= 15 is 0 Å². The van der Waals surface area contributed by atoms with Gasteiger partial charge in [-0.2, -0.15) is 0 Å². The Balaban J connectivity index is 1.57. The molecule has 2 heterocycles. The Kier molecular flexibility index (Phi) is 7.92. The molecular weight excluding hydrogens is 491 g/mol. The van der Waals surface area contributed by atoms with Gasteiger partial charge in [0.2, 0.25) is 15.9 Å². The monoisotopic (exact) mass is 517 g/mol. The molecule has 1 saturated heterocycles. The van der Waals surface area contributed by atoms with Crippen molar-refractivity contribution in [2.45, 2.75) is 56.5 Å². The topological polar surface area (TPSA) is 143 Å². The predicted molar refractivity (Wildman–Crippen MR) is 118 cm³/mol. The molecule has 0 saturated carbocycles. The molecule has 1 atom stereocenters. The molecule has 4 N–H and O–H groups in total. The largest absolute Gasteiger partial charge is 0.478 e. The van der Waals surface area contributed by atoms with Crippen LogP contribution < -0.4 is 10.5 Å². The lowest BCUT2D eigenvalue weighted by Gasteiger charge is -2.33. The molecule has 1 aliphatic heterocycles. The van der Waals surface area contributed by atoms with Crippen molar-refractivity contribution in [2.24, 2.45) is 5.73 Å². The predicted octanol–water partition coefficient (Wildman–Crippen LogP) is 2.24. The first-order valence-electron chi connectivity index (χ1n) is 10.8. The van der Waals surface area contributed by atoms with E-state index in [1.165, 1.54) is 18.7 Å². The summed E-state index contributed by atoms with van der Waals surface area (Å²) in [4.78, 5) is 25.2. The van der Waals surface area contributed by atoms with E-state index in [4.69, 9.17) is 10.2 Å². The molecule has 1 aliphatic rings. The number of hydrogen-bond acceptors (Lipinski definition) is 6. The van der Waals surface area contributed by atoms with Gasteiger partial charge in [0, 0.05) is 37.7 Å². The van der Waals surface area contributed by atoms with E-state index in [2.05, 4.69) is 4.72 Å². The summed E-state index contributed by atoms with van der Waals surface area (Å²) in [7, 11) is -4.19. The Bertz CT molecular complexity index is 1240. The number of furan rings is 1. The highest BCUT2D eigenvalue weighted by molar-refractivity contribution is 7.89. The van der Waals surface area contributed by atoms with E-state index in [0.717, 1.165) is 0 Å². The maximum absolute atomic E-state index is 13.8. The Morgan fingerprint density at radius 1 is 1.14 bits per heavy atom. The van der Waals surface area contributed by atoms with Crippen molar-refractivity contribution in [3.63, 3.8) is 0 Å². The van der Waals surface area contributed by atoms with Crippen LogP contribution in [0.4, 0.5) is 13.2 Å². The number of carbonyl (C=O) groups is 2. The van der Waals surface area contributed by atoms with Gasteiger partial charge in [-0.25, -0.2) is 31.1 Å². The van der Waals surface area contributed by atoms with Gasteiger partial charge in [-0.15, -0.1) is 0 Å². The molecule has 192 valence electrons. The number of rotatable bonds is 8. The Morgan fingerprint density at radius 2 is 1.74 bits per heavy atom. The number of nitrogens with zero attached hydrogens (tertiary/aromatic N) is 1. The molecule has 1 fully saturated rings. The molecule has 0 radical (unpaired) electrons. The Morgan fingerprint density at radius 3 is 2.34 bits per heavy atom. The summed E-state index contributed by atoms with van der Waals surface area (Å²) in [6.45, 7) is 3.16. The Hall–Kier alpha value is -2.90. The molecule has 13 heteroatoms. The van der Waals surface area contributed by atoms with E-state index in [1.54, 1.807) is 0 Å². The fraction of sp³-hybridized carbons (Fsp3) is 0.455. The molecule has 3 rings (SSSR count). The second-order valence-corrected chi connectivity index (χ2v) is 10.2. The standard InChI is InChI=1S/C22H26F3N3O6S/c1-11-20(22(30)31)21(12(2)34-11)35(32,33)27-15-3-5-28(6-4-15)19(29)9-14(26)7-13-8-17(24)18(25)10-16(13)23/h8,10,14-15,27H,3-7,9,26H2,1-2H3,(H,30,31)/t14-/m1/s1. The van der Waals surface area contributed by atoms with Gasteiger partial charge in [0.1, 0.15) is 27.8 Å². The smallest absolute Gasteiger partial charge is 0.340 e. The van der Waals surface area contributed by atoms with Gasteiger partial charge in [-0.1, -0.05) is 0 Å². The molecule has 2 aromatic rings. The number of likely N-dealkylation sites (tertiary alicyclic amines) is 1. The number of piperidine rings is 1. The van der Waals surface area contributed by atoms with Crippen LogP contribution in [0.1, 0.15) is 46.7 Å². The van der Waals surface area contributed by atoms with E-state index < -0.39 is 56.0 Å². The number of carboxylic acids is 1. The number of nitrogens with two attached hydrogens (primary N) is 1. The van der Waals surface area contributed by atoms with Gasteiger partial charge >= 0.3 is 5.97 Å². The van der Waals surface area contributed by atoms with Crippen molar-refractivity contribution in [3.05, 3.63) is 52.2 Å². The van der Waals surface area contributed by atoms with Crippen LogP contribution in [0.15, 0.2) is 21.4 Å². The highest BCUT2D eigenvalue weighted by Crippen LogP contribution is 2.27. The van der Waals surface area contributed by atoms with Gasteiger partial charge in [0.25, 0.3) is 0 Å². The molecular formula is C22H26F3N3O6S. The van der Waals surface area contributed by atoms with Gasteiger partial charge in [-0.05, 0) is 44.7 Å². The maximum atomic E-state index is 13.8. The average Bonchev–Trinajstić information content (AvgIpc) is 3.07. The summed E-state index contributed by atoms with van der Waals surface area (Å²) in [6, 6.07) is -0.229. The number of carboxylic acid groups (broad SMARTS) is 1. The lowest BCUT2D eigenvalue weighted by molar-refractivity contribution is -0.132. The van der Waals surface area contributed by atoms with Crippen LogP contribution in [0, 0.1) is 31.3 Å². The van der Waals surface area contributed by atoms with Gasteiger partial charge < -0.3 is 20.2 Å². The molecule has 1 aromatic carbocycles. The van der Waals surface area contributed by atoms with Crippen LogP contribution in [0.2, 0.25) is 0 Å². The van der Waals surface area contributed by atoms with Crippen LogP contribution in [-0.4, -0.2) is 55.5 Å². The minimum atomic E-state index is -4.19. The van der Waals surface area contributed by atoms with Crippen LogP contribution in [0.5, 0.6) is 0 Å². The molecule has 35 heavy (non-hydrogen) atoms. The lowest BCUT2D eigenvalue weighted by atomic mass is 10.0. The summed E-state index contributed by atoms with van der Waals surface area (Å²) in [5, 5.41) is 9.37. The number of sulfonamides is 1. The number of halogens is 3. The number of amides is 1. The number of hydrogen-bond donors (Lipinski definition) is 3. The fourth-order valence-corrected chi connectivity index (χ4v) is 5.90. The maximum Gasteiger partial charge on any atom is 0.340 e. The molecule has 0 bridgehead atoms. The van der Waals surface area contributed by atoms with Crippen molar-refractivity contribution in [1.82, 2.24) is 9.62 Å². The zero-order chi connectivity index (χ0) is 26.1. The Labute approximate surface area is 200 Å². The van der Waals surface area contributed by atoms with E-state index in [9.17, 15) is 36.3 Å². The first-order valence-corrected chi connectivity index (χ1v) is 12.3. The zero-order valence-electron chi connectivity index (χ0n) is 19.1. The third-order valence-electron chi connectivity index (χ3n) is 5.87. The minimum absolute atomic E-state index is 0.0182. The number of nitrogens with one attached hydrogen (secondary N) is 1. The molecule has 0 unspecified atom stereocenters. The van der Waals surface area contributed by atoms with Crippen LogP contribution in [0.25, 0.3) is 0 Å². The summed E-state index contributed by atoms with van der Waals surface area (Å²) in [6.07, 6.45) is 0.220. The first kappa shape index (κ1) is 26.7. The third kappa shape index (κ3) is 6.03. The molecule has 1 aromatic heterocycles. The second-order valence-electron chi connectivity index (χ2n) is 8.53. The van der Waals surface area contributed by atoms with Gasteiger partial charge in [0.05, 0.1) is 0 Å². The van der Waals surface area contributed by atoms with Crippen molar-refractivity contribution in [3.8, 4) is 0 Å². The van der Waals surface area contributed by atoms with Crippen molar-refractivity contribution >= 4 is 21.9 Å². The molecule has 1 amide bonds. The van der Waals surface area contributed by atoms with Crippen LogP contribution >= 0.6 is 0 Å². The molecule has 0 aliphatic carbocycles. The second kappa shape index (κ2) is 10.4. The first-order chi connectivity index (χ1) is 16.3. The lowest BCUT2D eigenvalue weighted by Crippen LogP contribution is -2.47. The highest BCUT2D eigenvalue weighted by Gasteiger charge is 2.34. The fourth-order valence-electron chi connectivity index (χ4n) is 4.19. The van der Waals surface area contributed by atoms with Crippen LogP contribution in [0.3, 0.4) is 0 Å². The van der Waals surface area contributed by atoms with Crippen molar-refractivity contribution in [2.75, 3.05) is 13.1 Å². The normalized spacial score (nSPS) is 15.9. The highest BCUT2D eigenvalue weighted by atomic mass is 32.2.